The number of hydrogen-bond acceptors (Lipinski definition) is 6. The van der Waals surface area contributed by atoms with Crippen LogP contribution in [0.4, 0.5) is 0 Å². The van der Waals surface area contributed by atoms with E-state index < -0.39 is 11.9 Å². The molecule has 7 nitrogen and oxygen atoms in total. The lowest BCUT2D eigenvalue weighted by Gasteiger charge is -2.28. The molecule has 0 fully saturated rings. The predicted octanol–water partition coefficient (Wildman–Crippen LogP) is 3.94. The van der Waals surface area contributed by atoms with Crippen molar-refractivity contribution in [3.8, 4) is 0 Å². The Morgan fingerprint density at radius 1 is 1.12 bits per heavy atom. The Morgan fingerprint density at radius 3 is 2.36 bits per heavy atom. The molecule has 1 amide bonds. The van der Waals surface area contributed by atoms with Crippen LogP contribution in [-0.2, 0) is 25.5 Å². The summed E-state index contributed by atoms with van der Waals surface area (Å²) in [6.45, 7) is 9.43. The van der Waals surface area contributed by atoms with E-state index in [9.17, 15) is 19.5 Å². The summed E-state index contributed by atoms with van der Waals surface area (Å²) in [7, 11) is 0. The minimum Gasteiger partial charge on any atom is -0.481 e. The quantitative estimate of drug-likeness (QED) is 0.393. The van der Waals surface area contributed by atoms with Crippen LogP contribution < -0.4 is 10.6 Å². The first-order chi connectivity index (χ1) is 15.6. The van der Waals surface area contributed by atoms with Gasteiger partial charge in [-0.2, -0.15) is 0 Å². The summed E-state index contributed by atoms with van der Waals surface area (Å²) in [5, 5.41) is 17.0. The van der Waals surface area contributed by atoms with Crippen molar-refractivity contribution in [2.45, 2.75) is 71.4 Å². The fourth-order valence-electron chi connectivity index (χ4n) is 3.63. The number of carboxylic acid groups (broad SMARTS) is 1. The number of esters is 1. The van der Waals surface area contributed by atoms with Crippen LogP contribution in [0.25, 0.3) is 0 Å². The van der Waals surface area contributed by atoms with Gasteiger partial charge in [-0.15, -0.1) is 11.8 Å². The Kier molecular flexibility index (Phi) is 10.3. The second-order valence-electron chi connectivity index (χ2n) is 9.17. The minimum absolute atomic E-state index is 0.249. The SMILES string of the molecule is CC(=O)OC(CC(C)C(C)C)C1NC(C(=O)NC(Cc2ccccc2)CC(C)C(=O)O)=CS1. The number of carboxylic acids is 1. The van der Waals surface area contributed by atoms with E-state index in [2.05, 4.69) is 31.4 Å². The Labute approximate surface area is 200 Å². The fourth-order valence-corrected chi connectivity index (χ4v) is 4.62. The number of hydrogen-bond donors (Lipinski definition) is 3. The van der Waals surface area contributed by atoms with Gasteiger partial charge in [0.15, 0.2) is 0 Å². The van der Waals surface area contributed by atoms with E-state index >= 15 is 0 Å². The molecule has 3 N–H and O–H groups in total. The largest absolute Gasteiger partial charge is 0.481 e. The Morgan fingerprint density at radius 2 is 1.79 bits per heavy atom. The molecule has 0 radical (unpaired) electrons. The number of carbonyl (C=O) groups excluding carboxylic acids is 2. The zero-order valence-electron chi connectivity index (χ0n) is 20.0. The Hall–Kier alpha value is -2.48. The smallest absolute Gasteiger partial charge is 0.306 e. The van der Waals surface area contributed by atoms with Crippen molar-refractivity contribution in [1.82, 2.24) is 10.6 Å². The van der Waals surface area contributed by atoms with Gasteiger partial charge in [-0.25, -0.2) is 0 Å². The third kappa shape index (κ3) is 8.76. The van der Waals surface area contributed by atoms with E-state index in [1.54, 1.807) is 12.3 Å². The van der Waals surface area contributed by atoms with Gasteiger partial charge in [0.2, 0.25) is 0 Å². The number of amides is 1. The normalized spacial score (nSPS) is 19.1. The van der Waals surface area contributed by atoms with Crippen molar-refractivity contribution >= 4 is 29.6 Å². The van der Waals surface area contributed by atoms with Gasteiger partial charge in [-0.05, 0) is 36.7 Å². The summed E-state index contributed by atoms with van der Waals surface area (Å²) in [6.07, 6.45) is 1.19. The lowest BCUT2D eigenvalue weighted by atomic mass is 9.92. The molecule has 0 aliphatic carbocycles. The maximum atomic E-state index is 13.0. The summed E-state index contributed by atoms with van der Waals surface area (Å²) in [6, 6.07) is 9.35. The molecular weight excluding hydrogens is 440 g/mol. The van der Waals surface area contributed by atoms with Crippen molar-refractivity contribution < 1.29 is 24.2 Å². The second-order valence-corrected chi connectivity index (χ2v) is 10.2. The molecule has 5 unspecified atom stereocenters. The maximum Gasteiger partial charge on any atom is 0.306 e. The molecular formula is C25H36N2O5S. The monoisotopic (exact) mass is 476 g/mol. The molecule has 1 aliphatic heterocycles. The van der Waals surface area contributed by atoms with Crippen molar-refractivity contribution in [3.63, 3.8) is 0 Å². The van der Waals surface area contributed by atoms with Gasteiger partial charge in [-0.1, -0.05) is 58.0 Å². The summed E-state index contributed by atoms with van der Waals surface area (Å²) in [4.78, 5) is 36.0. The van der Waals surface area contributed by atoms with Crippen molar-refractivity contribution in [2.75, 3.05) is 0 Å². The van der Waals surface area contributed by atoms with E-state index in [4.69, 9.17) is 4.74 Å². The fraction of sp³-hybridized carbons (Fsp3) is 0.560. The van der Waals surface area contributed by atoms with E-state index in [0.717, 1.165) is 5.56 Å². The predicted molar refractivity (Wildman–Crippen MR) is 130 cm³/mol. The highest BCUT2D eigenvalue weighted by molar-refractivity contribution is 8.03. The molecule has 0 saturated heterocycles. The van der Waals surface area contributed by atoms with Crippen molar-refractivity contribution in [1.29, 1.82) is 0 Å². The van der Waals surface area contributed by atoms with Crippen molar-refractivity contribution in [3.05, 3.63) is 47.0 Å². The summed E-state index contributed by atoms with van der Waals surface area (Å²) in [5.74, 6) is -1.32. The number of ether oxygens (including phenoxy) is 1. The molecule has 1 aliphatic rings. The average molecular weight is 477 g/mol. The third-order valence-electron chi connectivity index (χ3n) is 5.99. The van der Waals surface area contributed by atoms with Crippen LogP contribution in [0.15, 0.2) is 41.4 Å². The van der Waals surface area contributed by atoms with Gasteiger partial charge in [0.05, 0.1) is 5.92 Å². The van der Waals surface area contributed by atoms with Gasteiger partial charge >= 0.3 is 11.9 Å². The molecule has 0 aromatic heterocycles. The first kappa shape index (κ1) is 26.8. The first-order valence-electron chi connectivity index (χ1n) is 11.4. The molecule has 0 bridgehead atoms. The van der Waals surface area contributed by atoms with Crippen molar-refractivity contribution in [2.24, 2.45) is 17.8 Å². The van der Waals surface area contributed by atoms with Gasteiger partial charge in [0, 0.05) is 18.4 Å². The highest BCUT2D eigenvalue weighted by atomic mass is 32.2. The van der Waals surface area contributed by atoms with Crippen LogP contribution >= 0.6 is 11.8 Å². The maximum absolute atomic E-state index is 13.0. The molecule has 5 atom stereocenters. The highest BCUT2D eigenvalue weighted by Crippen LogP contribution is 2.30. The summed E-state index contributed by atoms with van der Waals surface area (Å²) < 4.78 is 5.57. The van der Waals surface area contributed by atoms with E-state index in [1.165, 1.54) is 18.7 Å². The van der Waals surface area contributed by atoms with Crippen LogP contribution in [0.5, 0.6) is 0 Å². The number of benzene rings is 1. The van der Waals surface area contributed by atoms with Crippen LogP contribution in [0.2, 0.25) is 0 Å². The molecule has 1 heterocycles. The van der Waals surface area contributed by atoms with E-state index in [0.29, 0.717) is 36.8 Å². The van der Waals surface area contributed by atoms with Gasteiger partial charge in [-0.3, -0.25) is 14.4 Å². The third-order valence-corrected chi connectivity index (χ3v) is 7.08. The number of aliphatic carboxylic acids is 1. The van der Waals surface area contributed by atoms with E-state index in [-0.39, 0.29) is 29.4 Å². The zero-order valence-corrected chi connectivity index (χ0v) is 20.9. The van der Waals surface area contributed by atoms with Crippen LogP contribution in [0.1, 0.15) is 53.0 Å². The molecule has 2 rings (SSSR count). The number of nitrogens with one attached hydrogen (secondary N) is 2. The number of thioether (sulfide) groups is 1. The molecule has 1 aromatic carbocycles. The van der Waals surface area contributed by atoms with Crippen LogP contribution in [-0.4, -0.2) is 40.5 Å². The lowest BCUT2D eigenvalue weighted by molar-refractivity contribution is -0.147. The van der Waals surface area contributed by atoms with Gasteiger partial charge in [0.25, 0.3) is 5.91 Å². The molecule has 0 spiro atoms. The standard InChI is InChI=1S/C25H36N2O5S/c1-15(2)16(3)12-22(32-18(5)28)24-27-21(14-33-24)23(29)26-20(11-17(4)25(30)31)13-19-9-7-6-8-10-19/h6-10,14-17,20,22,24,27H,11-13H2,1-5H3,(H,26,29)(H,30,31). The van der Waals surface area contributed by atoms with Gasteiger partial charge in [0.1, 0.15) is 17.2 Å². The second kappa shape index (κ2) is 12.7. The topological polar surface area (TPSA) is 105 Å². The highest BCUT2D eigenvalue weighted by Gasteiger charge is 2.33. The number of carbonyl (C=O) groups is 3. The summed E-state index contributed by atoms with van der Waals surface area (Å²) in [5.41, 5.74) is 1.43. The molecule has 182 valence electrons. The molecule has 8 heteroatoms. The van der Waals surface area contributed by atoms with Crippen LogP contribution in [0.3, 0.4) is 0 Å². The molecule has 33 heavy (non-hydrogen) atoms. The minimum atomic E-state index is -0.889. The zero-order chi connectivity index (χ0) is 24.5. The van der Waals surface area contributed by atoms with E-state index in [1.807, 2.05) is 30.3 Å². The Bertz CT molecular complexity index is 842. The molecule has 1 aromatic rings. The summed E-state index contributed by atoms with van der Waals surface area (Å²) >= 11 is 1.43. The van der Waals surface area contributed by atoms with Gasteiger partial charge < -0.3 is 20.5 Å². The first-order valence-corrected chi connectivity index (χ1v) is 12.4. The van der Waals surface area contributed by atoms with Crippen LogP contribution in [0, 0.1) is 17.8 Å². The number of rotatable bonds is 12. The Balaban J connectivity index is 2.04. The average Bonchev–Trinajstić information content (AvgIpc) is 3.23. The lowest BCUT2D eigenvalue weighted by Crippen LogP contribution is -2.44. The molecule has 0 saturated carbocycles.